The zero-order valence-electron chi connectivity index (χ0n) is 11.5. The van der Waals surface area contributed by atoms with Crippen LogP contribution in [0, 0.1) is 0 Å². The van der Waals surface area contributed by atoms with Crippen LogP contribution in [-0.2, 0) is 18.6 Å². The predicted molar refractivity (Wildman–Crippen MR) is 65.4 cm³/mol. The molecule has 0 amide bonds. The second kappa shape index (κ2) is 2.93. The molecule has 2 heterocycles. The van der Waals surface area contributed by atoms with Gasteiger partial charge in [0, 0.05) is 6.42 Å². The van der Waals surface area contributed by atoms with E-state index in [1.165, 1.54) is 0 Å². The first kappa shape index (κ1) is 12.0. The van der Waals surface area contributed by atoms with E-state index >= 15 is 0 Å². The van der Waals surface area contributed by atoms with Gasteiger partial charge in [-0.15, -0.1) is 0 Å². The molecule has 6 heteroatoms. The smallest absolute Gasteiger partial charge is 0.405 e. The van der Waals surface area contributed by atoms with Crippen molar-refractivity contribution >= 4 is 14.0 Å². The summed E-state index contributed by atoms with van der Waals surface area (Å²) in [4.78, 5) is 0. The van der Waals surface area contributed by atoms with E-state index in [0.29, 0.717) is 0 Å². The lowest BCUT2D eigenvalue weighted by atomic mass is 9.49. The molecule has 1 aliphatic carbocycles. The van der Waals surface area contributed by atoms with Crippen molar-refractivity contribution in [3.05, 3.63) is 0 Å². The van der Waals surface area contributed by atoms with Gasteiger partial charge in [0.1, 0.15) is 0 Å². The lowest BCUT2D eigenvalue weighted by molar-refractivity contribution is 0.00578. The molecular formula is C11H20B2O4. The van der Waals surface area contributed by atoms with Crippen LogP contribution in [-0.4, -0.2) is 36.4 Å². The third-order valence-corrected chi connectivity index (χ3v) is 4.91. The molecule has 17 heavy (non-hydrogen) atoms. The molecule has 0 aromatic heterocycles. The van der Waals surface area contributed by atoms with Crippen LogP contribution in [0.15, 0.2) is 0 Å². The summed E-state index contributed by atoms with van der Waals surface area (Å²) in [6.07, 6.45) is 0.954. The Balaban J connectivity index is 1.73. The van der Waals surface area contributed by atoms with Gasteiger partial charge in [0.05, 0.1) is 22.4 Å². The second-order valence-corrected chi connectivity index (χ2v) is 6.87. The van der Waals surface area contributed by atoms with Gasteiger partial charge in [-0.05, 0) is 41.5 Å². The third-order valence-electron chi connectivity index (χ3n) is 4.91. The Bertz CT molecular complexity index is 340. The van der Waals surface area contributed by atoms with Crippen molar-refractivity contribution in [1.29, 1.82) is 0 Å². The Labute approximate surface area is 104 Å². The van der Waals surface area contributed by atoms with Gasteiger partial charge in [-0.1, -0.05) is 0 Å². The first-order chi connectivity index (χ1) is 7.59. The molecule has 2 unspecified atom stereocenters. The second-order valence-electron chi connectivity index (χ2n) is 6.87. The molecule has 0 spiro atoms. The molecule has 3 aliphatic rings. The molecule has 3 fully saturated rings. The van der Waals surface area contributed by atoms with Crippen molar-refractivity contribution in [2.75, 3.05) is 0 Å². The molecule has 94 valence electrons. The molecule has 2 atom stereocenters. The fraction of sp³-hybridized carbons (Fsp3) is 1.00. The summed E-state index contributed by atoms with van der Waals surface area (Å²) in [5, 5.41) is 0. The third kappa shape index (κ3) is 1.47. The number of hydrogen-bond acceptors (Lipinski definition) is 4. The fourth-order valence-corrected chi connectivity index (χ4v) is 2.58. The van der Waals surface area contributed by atoms with Crippen LogP contribution in [0.5, 0.6) is 0 Å². The molecule has 2 saturated heterocycles. The topological polar surface area (TPSA) is 36.9 Å². The van der Waals surface area contributed by atoms with Crippen molar-refractivity contribution in [3.63, 3.8) is 0 Å². The Hall–Kier alpha value is -0.0301. The van der Waals surface area contributed by atoms with Gasteiger partial charge in [-0.2, -0.15) is 0 Å². The lowest BCUT2D eigenvalue weighted by Crippen LogP contribution is -2.43. The standard InChI is InChI=1S/C11H20B2O4/c1-8(2)9(3,4)15-12(14-8)13-16-10(5)7-11(10,6)17-13/h7H2,1-6H3. The first-order valence-corrected chi connectivity index (χ1v) is 6.30. The van der Waals surface area contributed by atoms with Gasteiger partial charge >= 0.3 is 14.0 Å². The van der Waals surface area contributed by atoms with E-state index in [1.807, 2.05) is 27.7 Å². The Morgan fingerprint density at radius 2 is 1.00 bits per heavy atom. The average molecular weight is 238 g/mol. The molecule has 1 saturated carbocycles. The Kier molecular flexibility index (Phi) is 2.07. The maximum atomic E-state index is 5.93. The maximum absolute atomic E-state index is 5.93. The summed E-state index contributed by atoms with van der Waals surface area (Å²) in [5.41, 5.74) is -0.972. The summed E-state index contributed by atoms with van der Waals surface area (Å²) in [6.45, 7) is 12.3. The Morgan fingerprint density at radius 3 is 1.41 bits per heavy atom. The minimum Gasteiger partial charge on any atom is -0.405 e. The average Bonchev–Trinajstić information content (AvgIpc) is 2.39. The molecular weight excluding hydrogens is 218 g/mol. The van der Waals surface area contributed by atoms with E-state index in [9.17, 15) is 0 Å². The van der Waals surface area contributed by atoms with Crippen LogP contribution >= 0.6 is 0 Å². The summed E-state index contributed by atoms with van der Waals surface area (Å²) in [6, 6.07) is 0. The van der Waals surface area contributed by atoms with Crippen molar-refractivity contribution in [1.82, 2.24) is 0 Å². The van der Waals surface area contributed by atoms with E-state index in [2.05, 4.69) is 13.8 Å². The normalized spacial score (nSPS) is 46.2. The largest absolute Gasteiger partial charge is 0.489 e. The van der Waals surface area contributed by atoms with E-state index in [0.717, 1.165) is 6.42 Å². The highest BCUT2D eigenvalue weighted by molar-refractivity contribution is 7.11. The van der Waals surface area contributed by atoms with Crippen molar-refractivity contribution in [3.8, 4) is 0 Å². The SMILES string of the molecule is CC1(C)OB(B2OC3(C)CC3(C)O2)OC1(C)C. The van der Waals surface area contributed by atoms with Gasteiger partial charge in [0.25, 0.3) is 0 Å². The van der Waals surface area contributed by atoms with Crippen molar-refractivity contribution in [2.24, 2.45) is 0 Å². The minimum atomic E-state index is -0.429. The van der Waals surface area contributed by atoms with E-state index in [-0.39, 0.29) is 22.4 Å². The maximum Gasteiger partial charge on any atom is 0.489 e. The summed E-state index contributed by atoms with van der Waals surface area (Å²) in [5.74, 6) is 0. The summed E-state index contributed by atoms with van der Waals surface area (Å²) in [7, 11) is -0.832. The molecule has 0 radical (unpaired) electrons. The first-order valence-electron chi connectivity index (χ1n) is 6.30. The molecule has 0 aromatic rings. The zero-order valence-corrected chi connectivity index (χ0v) is 11.5. The van der Waals surface area contributed by atoms with Crippen LogP contribution in [0.2, 0.25) is 0 Å². The molecule has 0 N–H and O–H groups in total. The van der Waals surface area contributed by atoms with Crippen LogP contribution < -0.4 is 0 Å². The highest BCUT2D eigenvalue weighted by Gasteiger charge is 2.74. The highest BCUT2D eigenvalue weighted by atomic mass is 16.7. The van der Waals surface area contributed by atoms with E-state index < -0.39 is 14.0 Å². The number of hydrogen-bond donors (Lipinski definition) is 0. The monoisotopic (exact) mass is 238 g/mol. The van der Waals surface area contributed by atoms with Gasteiger partial charge in [0.15, 0.2) is 0 Å². The van der Waals surface area contributed by atoms with Gasteiger partial charge in [0.2, 0.25) is 0 Å². The highest BCUT2D eigenvalue weighted by Crippen LogP contribution is 2.59. The minimum absolute atomic E-state index is 0.152. The predicted octanol–water partition coefficient (Wildman–Crippen LogP) is 1.61. The molecule has 4 nitrogen and oxygen atoms in total. The summed E-state index contributed by atoms with van der Waals surface area (Å²) >= 11 is 0. The zero-order chi connectivity index (χ0) is 12.7. The number of fused-ring (bicyclic) bond motifs is 1. The molecule has 2 aliphatic heterocycles. The molecule has 0 bridgehead atoms. The molecule has 3 rings (SSSR count). The molecule has 0 aromatic carbocycles. The Morgan fingerprint density at radius 1 is 0.647 bits per heavy atom. The number of rotatable bonds is 1. The van der Waals surface area contributed by atoms with Gasteiger partial charge < -0.3 is 18.6 Å². The lowest BCUT2D eigenvalue weighted by Gasteiger charge is -2.32. The summed E-state index contributed by atoms with van der Waals surface area (Å²) < 4.78 is 23.7. The van der Waals surface area contributed by atoms with E-state index in [1.54, 1.807) is 0 Å². The van der Waals surface area contributed by atoms with Gasteiger partial charge in [-0.3, -0.25) is 0 Å². The van der Waals surface area contributed by atoms with E-state index in [4.69, 9.17) is 18.6 Å². The van der Waals surface area contributed by atoms with Crippen LogP contribution in [0.25, 0.3) is 0 Å². The van der Waals surface area contributed by atoms with Crippen molar-refractivity contribution in [2.45, 2.75) is 70.4 Å². The quantitative estimate of drug-likeness (QED) is 0.650. The van der Waals surface area contributed by atoms with Crippen LogP contribution in [0.4, 0.5) is 0 Å². The fourth-order valence-electron chi connectivity index (χ4n) is 2.58. The van der Waals surface area contributed by atoms with Crippen LogP contribution in [0.3, 0.4) is 0 Å². The van der Waals surface area contributed by atoms with Gasteiger partial charge in [-0.25, -0.2) is 0 Å². The van der Waals surface area contributed by atoms with Crippen molar-refractivity contribution < 1.29 is 18.6 Å². The van der Waals surface area contributed by atoms with Crippen LogP contribution in [0.1, 0.15) is 48.0 Å².